The number of nitriles is 1. The van der Waals surface area contributed by atoms with Crippen LogP contribution in [0.2, 0.25) is 0 Å². The molecule has 0 N–H and O–H groups in total. The first-order valence-corrected chi connectivity index (χ1v) is 5.38. The maximum Gasteiger partial charge on any atom is 0.0625 e. The van der Waals surface area contributed by atoms with Crippen LogP contribution in [0, 0.1) is 18.3 Å². The normalized spacial score (nSPS) is 13.9. The second-order valence-corrected chi connectivity index (χ2v) is 4.25. The second-order valence-electron chi connectivity index (χ2n) is 4.25. The van der Waals surface area contributed by atoms with E-state index in [1.165, 1.54) is 27.8 Å². The van der Waals surface area contributed by atoms with Gasteiger partial charge in [-0.15, -0.1) is 0 Å². The molecule has 0 aromatic heterocycles. The molecule has 1 nitrogen and oxygen atoms in total. The van der Waals surface area contributed by atoms with E-state index >= 15 is 0 Å². The molecule has 0 spiro atoms. The third-order valence-electron chi connectivity index (χ3n) is 3.05. The van der Waals surface area contributed by atoms with E-state index < -0.39 is 0 Å². The van der Waals surface area contributed by atoms with Crippen LogP contribution in [-0.2, 0) is 6.42 Å². The minimum atomic E-state index is 0.625. The van der Waals surface area contributed by atoms with Crippen LogP contribution in [0.5, 0.6) is 0 Å². The van der Waals surface area contributed by atoms with Crippen molar-refractivity contribution in [2.45, 2.75) is 33.1 Å². The molecule has 0 atom stereocenters. The van der Waals surface area contributed by atoms with Crippen molar-refractivity contribution in [1.29, 1.82) is 5.26 Å². The van der Waals surface area contributed by atoms with Gasteiger partial charge < -0.3 is 0 Å². The van der Waals surface area contributed by atoms with Gasteiger partial charge >= 0.3 is 0 Å². The maximum absolute atomic E-state index is 8.64. The molecule has 2 rings (SSSR count). The lowest BCUT2D eigenvalue weighted by Gasteiger charge is -2.05. The predicted octanol–water partition coefficient (Wildman–Crippen LogP) is 3.63. The zero-order valence-corrected chi connectivity index (χ0v) is 9.30. The van der Waals surface area contributed by atoms with Gasteiger partial charge in [-0.2, -0.15) is 5.26 Å². The van der Waals surface area contributed by atoms with Crippen LogP contribution in [0.4, 0.5) is 0 Å². The predicted molar refractivity (Wildman–Crippen MR) is 62.3 cm³/mol. The number of hydrogen-bond donors (Lipinski definition) is 0. The zero-order valence-electron chi connectivity index (χ0n) is 9.30. The van der Waals surface area contributed by atoms with Crippen molar-refractivity contribution in [2.24, 2.45) is 0 Å². The maximum atomic E-state index is 8.64. The zero-order chi connectivity index (χ0) is 10.8. The molecule has 0 saturated carbocycles. The Labute approximate surface area is 91.0 Å². The van der Waals surface area contributed by atoms with Crippen molar-refractivity contribution < 1.29 is 0 Å². The van der Waals surface area contributed by atoms with Gasteiger partial charge in [0.15, 0.2) is 0 Å². The van der Waals surface area contributed by atoms with E-state index in [1.54, 1.807) is 0 Å². The first kappa shape index (κ1) is 9.98. The summed E-state index contributed by atoms with van der Waals surface area (Å²) in [5.74, 6) is 0. The van der Waals surface area contributed by atoms with Gasteiger partial charge in [-0.25, -0.2) is 0 Å². The number of nitrogens with zero attached hydrogens (tertiary/aromatic N) is 1. The van der Waals surface area contributed by atoms with Crippen LogP contribution in [0.25, 0.3) is 5.57 Å². The van der Waals surface area contributed by atoms with Crippen molar-refractivity contribution in [1.82, 2.24) is 0 Å². The van der Waals surface area contributed by atoms with Gasteiger partial charge in [-0.1, -0.05) is 29.3 Å². The lowest BCUT2D eigenvalue weighted by Crippen LogP contribution is -1.86. The van der Waals surface area contributed by atoms with Crippen LogP contribution in [0.3, 0.4) is 0 Å². The molecule has 15 heavy (non-hydrogen) atoms. The molecule has 0 saturated heterocycles. The van der Waals surface area contributed by atoms with Gasteiger partial charge in [-0.3, -0.25) is 0 Å². The SMILES string of the molecule is CC1=C(CCC#N)c2cc(C)ccc2C1. The molecule has 0 radical (unpaired) electrons. The molecule has 0 amide bonds. The van der Waals surface area contributed by atoms with E-state index in [-0.39, 0.29) is 0 Å². The second kappa shape index (κ2) is 3.90. The van der Waals surface area contributed by atoms with Crippen LogP contribution >= 0.6 is 0 Å². The van der Waals surface area contributed by atoms with Crippen molar-refractivity contribution in [3.05, 3.63) is 40.5 Å². The van der Waals surface area contributed by atoms with E-state index in [4.69, 9.17) is 5.26 Å². The summed E-state index contributed by atoms with van der Waals surface area (Å²) in [5, 5.41) is 8.64. The monoisotopic (exact) mass is 197 g/mol. The standard InChI is InChI=1S/C14H15N/c1-10-5-6-12-9-11(2)13(4-3-7-15)14(12)8-10/h5-6,8H,3-4,9H2,1-2H3. The molecule has 1 heteroatoms. The highest BCUT2D eigenvalue weighted by atomic mass is 14.3. The minimum absolute atomic E-state index is 0.625. The largest absolute Gasteiger partial charge is 0.198 e. The fourth-order valence-electron chi connectivity index (χ4n) is 2.28. The average molecular weight is 197 g/mol. The molecule has 76 valence electrons. The van der Waals surface area contributed by atoms with Crippen LogP contribution in [0.1, 0.15) is 36.5 Å². The molecule has 0 unspecified atom stereocenters. The summed E-state index contributed by atoms with van der Waals surface area (Å²) < 4.78 is 0. The molecule has 1 aromatic carbocycles. The Balaban J connectivity index is 2.37. The Kier molecular flexibility index (Phi) is 2.60. The molecule has 0 aliphatic heterocycles. The Morgan fingerprint density at radius 3 is 2.87 bits per heavy atom. The Hall–Kier alpha value is -1.55. The highest BCUT2D eigenvalue weighted by Gasteiger charge is 2.17. The summed E-state index contributed by atoms with van der Waals surface area (Å²) in [7, 11) is 0. The summed E-state index contributed by atoms with van der Waals surface area (Å²) in [6.45, 7) is 4.30. The average Bonchev–Trinajstić information content (AvgIpc) is 2.51. The van der Waals surface area contributed by atoms with E-state index in [0.717, 1.165) is 12.8 Å². The van der Waals surface area contributed by atoms with E-state index in [0.29, 0.717) is 6.42 Å². The summed E-state index contributed by atoms with van der Waals surface area (Å²) in [5.41, 5.74) is 6.94. The van der Waals surface area contributed by atoms with Gasteiger partial charge in [0.1, 0.15) is 0 Å². The Morgan fingerprint density at radius 2 is 2.13 bits per heavy atom. The van der Waals surface area contributed by atoms with Gasteiger partial charge in [-0.05, 0) is 43.4 Å². The van der Waals surface area contributed by atoms with Crippen molar-refractivity contribution in [3.8, 4) is 6.07 Å². The number of hydrogen-bond acceptors (Lipinski definition) is 1. The Bertz CT molecular complexity index is 461. The molecule has 1 aromatic rings. The molecule has 0 bridgehead atoms. The summed E-state index contributed by atoms with van der Waals surface area (Å²) in [6, 6.07) is 8.86. The van der Waals surface area contributed by atoms with Crippen LogP contribution in [0.15, 0.2) is 23.8 Å². The molecular formula is C14H15N. The smallest absolute Gasteiger partial charge is 0.0625 e. The summed E-state index contributed by atoms with van der Waals surface area (Å²) in [4.78, 5) is 0. The van der Waals surface area contributed by atoms with Crippen LogP contribution in [-0.4, -0.2) is 0 Å². The van der Waals surface area contributed by atoms with Crippen molar-refractivity contribution in [2.75, 3.05) is 0 Å². The summed E-state index contributed by atoms with van der Waals surface area (Å²) >= 11 is 0. The first-order valence-electron chi connectivity index (χ1n) is 5.38. The van der Waals surface area contributed by atoms with Crippen molar-refractivity contribution >= 4 is 5.57 Å². The quantitative estimate of drug-likeness (QED) is 0.710. The fourth-order valence-corrected chi connectivity index (χ4v) is 2.28. The molecule has 0 fully saturated rings. The van der Waals surface area contributed by atoms with Gasteiger partial charge in [0.25, 0.3) is 0 Å². The number of rotatable bonds is 2. The summed E-state index contributed by atoms with van der Waals surface area (Å²) in [6.07, 6.45) is 2.59. The third-order valence-corrected chi connectivity index (χ3v) is 3.05. The molecule has 1 aliphatic carbocycles. The van der Waals surface area contributed by atoms with Crippen LogP contribution < -0.4 is 0 Å². The van der Waals surface area contributed by atoms with Gasteiger partial charge in [0.05, 0.1) is 6.07 Å². The van der Waals surface area contributed by atoms with Gasteiger partial charge in [0.2, 0.25) is 0 Å². The molecule has 0 heterocycles. The number of benzene rings is 1. The minimum Gasteiger partial charge on any atom is -0.198 e. The van der Waals surface area contributed by atoms with E-state index in [1.807, 2.05) is 0 Å². The fraction of sp³-hybridized carbons (Fsp3) is 0.357. The molecule has 1 aliphatic rings. The Morgan fingerprint density at radius 1 is 1.33 bits per heavy atom. The number of aryl methyl sites for hydroxylation is 1. The highest BCUT2D eigenvalue weighted by molar-refractivity contribution is 5.76. The lowest BCUT2D eigenvalue weighted by atomic mass is 9.99. The number of fused-ring (bicyclic) bond motifs is 1. The van der Waals surface area contributed by atoms with Gasteiger partial charge in [0, 0.05) is 6.42 Å². The van der Waals surface area contributed by atoms with Crippen molar-refractivity contribution in [3.63, 3.8) is 0 Å². The van der Waals surface area contributed by atoms with E-state index in [9.17, 15) is 0 Å². The lowest BCUT2D eigenvalue weighted by molar-refractivity contribution is 1.07. The first-order chi connectivity index (χ1) is 7.22. The van der Waals surface area contributed by atoms with E-state index in [2.05, 4.69) is 38.1 Å². The third kappa shape index (κ3) is 1.80. The highest BCUT2D eigenvalue weighted by Crippen LogP contribution is 2.35. The topological polar surface area (TPSA) is 23.8 Å². The molecular weight excluding hydrogens is 182 g/mol. The number of allylic oxidation sites excluding steroid dienone is 2.